The van der Waals surface area contributed by atoms with E-state index in [0.29, 0.717) is 11.8 Å². The molecule has 0 aliphatic heterocycles. The highest BCUT2D eigenvalue weighted by atomic mass is 79.9. The second-order valence-corrected chi connectivity index (χ2v) is 7.20. The van der Waals surface area contributed by atoms with Crippen LogP contribution in [0.2, 0.25) is 0 Å². The molecule has 0 heterocycles. The lowest BCUT2D eigenvalue weighted by Crippen LogP contribution is -2.18. The molecule has 0 saturated heterocycles. The smallest absolute Gasteiger partial charge is 0.228 e. The second-order valence-electron chi connectivity index (χ2n) is 6.35. The minimum Gasteiger partial charge on any atom is -0.497 e. The molecule has 3 fully saturated rings. The lowest BCUT2D eigenvalue weighted by molar-refractivity contribution is -0.118. The first kappa shape index (κ1) is 12.7. The van der Waals surface area contributed by atoms with Crippen LogP contribution in [0.15, 0.2) is 22.7 Å². The van der Waals surface area contributed by atoms with Gasteiger partial charge in [-0.2, -0.15) is 0 Å². The first-order chi connectivity index (χ1) is 9.69. The molecular weight excluding hydrogens is 318 g/mol. The van der Waals surface area contributed by atoms with E-state index in [-0.39, 0.29) is 11.8 Å². The predicted octanol–water partition coefficient (Wildman–Crippen LogP) is 3.69. The van der Waals surface area contributed by atoms with Crippen LogP contribution in [0.25, 0.3) is 0 Å². The summed E-state index contributed by atoms with van der Waals surface area (Å²) in [6.45, 7) is 0. The highest BCUT2D eigenvalue weighted by Crippen LogP contribution is 2.69. The summed E-state index contributed by atoms with van der Waals surface area (Å²) in [6, 6.07) is 5.66. The molecule has 20 heavy (non-hydrogen) atoms. The van der Waals surface area contributed by atoms with Crippen molar-refractivity contribution in [2.75, 3.05) is 12.4 Å². The summed E-state index contributed by atoms with van der Waals surface area (Å²) in [6.07, 6.45) is 4.07. The van der Waals surface area contributed by atoms with Crippen LogP contribution in [0.3, 0.4) is 0 Å². The van der Waals surface area contributed by atoms with Gasteiger partial charge in [0.1, 0.15) is 5.75 Å². The van der Waals surface area contributed by atoms with Crippen molar-refractivity contribution in [3.05, 3.63) is 22.7 Å². The van der Waals surface area contributed by atoms with E-state index in [2.05, 4.69) is 21.2 Å². The third-order valence-corrected chi connectivity index (χ3v) is 6.16. The Balaban J connectivity index is 1.49. The topological polar surface area (TPSA) is 38.3 Å². The van der Waals surface area contributed by atoms with Crippen LogP contribution < -0.4 is 10.1 Å². The summed E-state index contributed by atoms with van der Waals surface area (Å²) in [7, 11) is 1.64. The molecule has 4 unspecified atom stereocenters. The molecule has 1 amide bonds. The summed E-state index contributed by atoms with van der Waals surface area (Å²) in [5.74, 6) is 4.24. The van der Waals surface area contributed by atoms with E-state index in [1.54, 1.807) is 7.11 Å². The van der Waals surface area contributed by atoms with E-state index < -0.39 is 0 Å². The molecule has 0 aromatic heterocycles. The number of hydrogen-bond donors (Lipinski definition) is 1. The molecule has 4 atom stereocenters. The number of amides is 1. The maximum atomic E-state index is 12.5. The van der Waals surface area contributed by atoms with Gasteiger partial charge in [-0.15, -0.1) is 0 Å². The van der Waals surface area contributed by atoms with Crippen LogP contribution in [0.1, 0.15) is 19.3 Å². The molecule has 1 aromatic carbocycles. The fourth-order valence-electron chi connectivity index (χ4n) is 4.62. The van der Waals surface area contributed by atoms with Crippen molar-refractivity contribution in [2.24, 2.45) is 29.6 Å². The number of ether oxygens (including phenoxy) is 1. The third kappa shape index (κ3) is 1.80. The molecule has 1 aromatic rings. The largest absolute Gasteiger partial charge is 0.497 e. The highest BCUT2D eigenvalue weighted by molar-refractivity contribution is 9.10. The Morgan fingerprint density at radius 3 is 2.65 bits per heavy atom. The lowest BCUT2D eigenvalue weighted by Gasteiger charge is -2.12. The van der Waals surface area contributed by atoms with Crippen molar-refractivity contribution in [1.82, 2.24) is 0 Å². The Bertz CT molecular complexity index is 558. The Kier molecular flexibility index (Phi) is 2.85. The highest BCUT2D eigenvalue weighted by Gasteiger charge is 2.67. The minimum atomic E-state index is 0.200. The number of halogens is 1. The van der Waals surface area contributed by atoms with E-state index >= 15 is 0 Å². The number of anilines is 1. The molecule has 4 rings (SSSR count). The van der Waals surface area contributed by atoms with Gasteiger partial charge in [-0.25, -0.2) is 0 Å². The second kappa shape index (κ2) is 4.48. The summed E-state index contributed by atoms with van der Waals surface area (Å²) >= 11 is 3.48. The van der Waals surface area contributed by atoms with Gasteiger partial charge in [0.15, 0.2) is 0 Å². The first-order valence-corrected chi connectivity index (χ1v) is 8.12. The molecular formula is C16H18BrNO2. The van der Waals surface area contributed by atoms with Gasteiger partial charge in [0.05, 0.1) is 12.8 Å². The SMILES string of the molecule is COc1ccc(Br)c(NC(=O)C2C3C4CCC(C4)C23)c1. The van der Waals surface area contributed by atoms with Crippen molar-refractivity contribution < 1.29 is 9.53 Å². The molecule has 3 saturated carbocycles. The molecule has 3 aliphatic carbocycles. The quantitative estimate of drug-likeness (QED) is 0.914. The van der Waals surface area contributed by atoms with Crippen LogP contribution in [0, 0.1) is 29.6 Å². The third-order valence-electron chi connectivity index (χ3n) is 5.47. The fraction of sp³-hybridized carbons (Fsp3) is 0.562. The van der Waals surface area contributed by atoms with Crippen molar-refractivity contribution >= 4 is 27.5 Å². The molecule has 3 nitrogen and oxygen atoms in total. The molecule has 3 aliphatic rings. The van der Waals surface area contributed by atoms with Crippen LogP contribution in [-0.4, -0.2) is 13.0 Å². The van der Waals surface area contributed by atoms with Gasteiger partial charge in [0.25, 0.3) is 0 Å². The number of carbonyl (C=O) groups excluding carboxylic acids is 1. The Morgan fingerprint density at radius 2 is 2.00 bits per heavy atom. The molecule has 0 spiro atoms. The predicted molar refractivity (Wildman–Crippen MR) is 80.6 cm³/mol. The number of methoxy groups -OCH3 is 1. The minimum absolute atomic E-state index is 0.200. The average Bonchev–Trinajstić information content (AvgIpc) is 2.90. The Labute approximate surface area is 127 Å². The molecule has 1 N–H and O–H groups in total. The average molecular weight is 336 g/mol. The van der Waals surface area contributed by atoms with E-state index in [0.717, 1.165) is 27.7 Å². The van der Waals surface area contributed by atoms with Crippen molar-refractivity contribution in [3.63, 3.8) is 0 Å². The van der Waals surface area contributed by atoms with Gasteiger partial charge in [0, 0.05) is 16.5 Å². The normalized spacial score (nSPS) is 36.6. The van der Waals surface area contributed by atoms with Gasteiger partial charge in [-0.3, -0.25) is 4.79 Å². The Hall–Kier alpha value is -1.03. The van der Waals surface area contributed by atoms with Crippen molar-refractivity contribution in [2.45, 2.75) is 19.3 Å². The summed E-state index contributed by atoms with van der Waals surface area (Å²) in [4.78, 5) is 12.5. The first-order valence-electron chi connectivity index (χ1n) is 7.33. The van der Waals surface area contributed by atoms with Gasteiger partial charge in [-0.1, -0.05) is 0 Å². The monoisotopic (exact) mass is 335 g/mol. The summed E-state index contributed by atoms with van der Waals surface area (Å²) in [5.41, 5.74) is 0.812. The zero-order valence-electron chi connectivity index (χ0n) is 11.4. The van der Waals surface area contributed by atoms with Crippen LogP contribution in [0.4, 0.5) is 5.69 Å². The lowest BCUT2D eigenvalue weighted by atomic mass is 10.0. The van der Waals surface area contributed by atoms with E-state index in [4.69, 9.17) is 4.74 Å². The molecule has 106 valence electrons. The van der Waals surface area contributed by atoms with Crippen LogP contribution in [0.5, 0.6) is 5.75 Å². The molecule has 4 heteroatoms. The number of rotatable bonds is 3. The summed E-state index contributed by atoms with van der Waals surface area (Å²) < 4.78 is 6.12. The maximum Gasteiger partial charge on any atom is 0.228 e. The van der Waals surface area contributed by atoms with Crippen molar-refractivity contribution in [1.29, 1.82) is 0 Å². The van der Waals surface area contributed by atoms with Crippen LogP contribution in [-0.2, 0) is 4.79 Å². The molecule has 0 radical (unpaired) electrons. The summed E-state index contributed by atoms with van der Waals surface area (Å²) in [5, 5.41) is 3.08. The number of benzene rings is 1. The van der Waals surface area contributed by atoms with Gasteiger partial charge in [-0.05, 0) is 71.0 Å². The van der Waals surface area contributed by atoms with Gasteiger partial charge >= 0.3 is 0 Å². The van der Waals surface area contributed by atoms with E-state index in [1.807, 2.05) is 18.2 Å². The van der Waals surface area contributed by atoms with Crippen LogP contribution >= 0.6 is 15.9 Å². The zero-order chi connectivity index (χ0) is 13.9. The van der Waals surface area contributed by atoms with E-state index in [1.165, 1.54) is 19.3 Å². The fourth-order valence-corrected chi connectivity index (χ4v) is 4.96. The number of nitrogens with one attached hydrogen (secondary N) is 1. The molecule has 2 bridgehead atoms. The number of fused-ring (bicyclic) bond motifs is 5. The van der Waals surface area contributed by atoms with E-state index in [9.17, 15) is 4.79 Å². The van der Waals surface area contributed by atoms with Gasteiger partial charge in [0.2, 0.25) is 5.91 Å². The van der Waals surface area contributed by atoms with Gasteiger partial charge < -0.3 is 10.1 Å². The Morgan fingerprint density at radius 1 is 1.30 bits per heavy atom. The van der Waals surface area contributed by atoms with Crippen molar-refractivity contribution in [3.8, 4) is 5.75 Å². The zero-order valence-corrected chi connectivity index (χ0v) is 13.0. The number of hydrogen-bond acceptors (Lipinski definition) is 2. The maximum absolute atomic E-state index is 12.5. The standard InChI is InChI=1S/C16H18BrNO2/c1-20-10-4-5-11(17)12(7-10)18-16(19)15-13-8-2-3-9(6-8)14(13)15/h4-5,7-9,13-15H,2-3,6H2,1H3,(H,18,19). The number of carbonyl (C=O) groups is 1.